The minimum atomic E-state index is -0.856. The van der Waals surface area contributed by atoms with E-state index in [-0.39, 0.29) is 24.0 Å². The average molecular weight is 499 g/mol. The summed E-state index contributed by atoms with van der Waals surface area (Å²) in [6.07, 6.45) is 5.57. The van der Waals surface area contributed by atoms with E-state index in [9.17, 15) is 14.7 Å². The standard InChI is InChI=1S/C30H46N2O4/c1-19(12-15-27(33)24-13-14-26-25(18-24)31-23(5)32(26)8)10-9-11-20(2)21(3)22(4)29(36)30(6,7)17-16-28(34)35/h12-14,18,20-22,27,33H,9-11,15-17H2,1-8H3,(H,34,35)/b19-12-/t20-,21-,22+,27-/m0/s1. The van der Waals surface area contributed by atoms with Gasteiger partial charge < -0.3 is 14.8 Å². The number of allylic oxidation sites excluding steroid dienone is 1. The predicted octanol–water partition coefficient (Wildman–Crippen LogP) is 6.79. The van der Waals surface area contributed by atoms with Crippen LogP contribution in [-0.4, -0.2) is 31.5 Å². The molecule has 4 atom stereocenters. The first-order valence-electron chi connectivity index (χ1n) is 13.3. The zero-order chi connectivity index (χ0) is 27.2. The SMILES string of the molecule is C/C(=C/C[C@H](O)c1ccc2c(c1)nc(C)n2C)CCC[C@H](C)[C@H](C)[C@@H](C)C(=O)C(C)(C)CCC(=O)O. The van der Waals surface area contributed by atoms with Gasteiger partial charge in [-0.05, 0) is 69.1 Å². The third-order valence-corrected chi connectivity index (χ3v) is 8.16. The van der Waals surface area contributed by atoms with Crippen LogP contribution in [0.5, 0.6) is 0 Å². The highest BCUT2D eigenvalue weighted by Crippen LogP contribution is 2.34. The van der Waals surface area contributed by atoms with Crippen molar-refractivity contribution in [1.29, 1.82) is 0 Å². The Morgan fingerprint density at radius 3 is 2.47 bits per heavy atom. The van der Waals surface area contributed by atoms with Crippen molar-refractivity contribution in [2.45, 2.75) is 93.1 Å². The molecule has 0 spiro atoms. The minimum Gasteiger partial charge on any atom is -0.481 e. The number of hydrogen-bond acceptors (Lipinski definition) is 4. The largest absolute Gasteiger partial charge is 0.481 e. The lowest BCUT2D eigenvalue weighted by Crippen LogP contribution is -2.35. The number of nitrogens with zero attached hydrogens (tertiary/aromatic N) is 2. The lowest BCUT2D eigenvalue weighted by Gasteiger charge is -2.32. The second-order valence-corrected chi connectivity index (χ2v) is 11.4. The van der Waals surface area contributed by atoms with Gasteiger partial charge in [-0.1, -0.05) is 58.8 Å². The first-order valence-corrected chi connectivity index (χ1v) is 13.3. The van der Waals surface area contributed by atoms with Gasteiger partial charge in [0.05, 0.1) is 17.1 Å². The molecule has 1 heterocycles. The lowest BCUT2D eigenvalue weighted by molar-refractivity contribution is -0.139. The van der Waals surface area contributed by atoms with Crippen LogP contribution in [0.2, 0.25) is 0 Å². The number of rotatable bonds is 14. The fraction of sp³-hybridized carbons (Fsp3) is 0.633. The van der Waals surface area contributed by atoms with Crippen LogP contribution < -0.4 is 0 Å². The number of carboxylic acid groups (broad SMARTS) is 1. The Hall–Kier alpha value is -2.47. The molecular formula is C30H46N2O4. The normalized spacial score (nSPS) is 16.1. The van der Waals surface area contributed by atoms with Crippen LogP contribution in [0, 0.1) is 30.1 Å². The molecular weight excluding hydrogens is 452 g/mol. The molecule has 0 fully saturated rings. The Balaban J connectivity index is 1.83. The molecule has 2 N–H and O–H groups in total. The molecule has 36 heavy (non-hydrogen) atoms. The highest BCUT2D eigenvalue weighted by atomic mass is 16.4. The molecule has 6 heteroatoms. The Morgan fingerprint density at radius 2 is 1.83 bits per heavy atom. The lowest BCUT2D eigenvalue weighted by atomic mass is 9.71. The van der Waals surface area contributed by atoms with Gasteiger partial charge in [0.25, 0.3) is 0 Å². The van der Waals surface area contributed by atoms with Crippen molar-refractivity contribution in [3.63, 3.8) is 0 Å². The number of aryl methyl sites for hydroxylation is 2. The van der Waals surface area contributed by atoms with Crippen molar-refractivity contribution in [2.75, 3.05) is 0 Å². The zero-order valence-electron chi connectivity index (χ0n) is 23.5. The summed E-state index contributed by atoms with van der Waals surface area (Å²) in [6.45, 7) is 14.2. The van der Waals surface area contributed by atoms with Crippen LogP contribution in [0.3, 0.4) is 0 Å². The number of aliphatic hydroxyl groups is 1. The number of benzene rings is 1. The van der Waals surface area contributed by atoms with Gasteiger partial charge in [0, 0.05) is 24.8 Å². The number of ketones is 1. The number of imidazole rings is 1. The molecule has 0 bridgehead atoms. The highest BCUT2D eigenvalue weighted by molar-refractivity contribution is 5.86. The van der Waals surface area contributed by atoms with Gasteiger partial charge in [0.1, 0.15) is 11.6 Å². The van der Waals surface area contributed by atoms with Crippen molar-refractivity contribution in [3.05, 3.63) is 41.2 Å². The van der Waals surface area contributed by atoms with Crippen molar-refractivity contribution in [2.24, 2.45) is 30.2 Å². The molecule has 0 amide bonds. The molecule has 2 rings (SSSR count). The first-order chi connectivity index (χ1) is 16.7. The molecule has 6 nitrogen and oxygen atoms in total. The van der Waals surface area contributed by atoms with Gasteiger partial charge in [-0.3, -0.25) is 9.59 Å². The number of Topliss-reactive ketones (excluding diaryl/α,β-unsaturated/α-hetero) is 1. The topological polar surface area (TPSA) is 92.4 Å². The van der Waals surface area contributed by atoms with Gasteiger partial charge in [-0.25, -0.2) is 4.98 Å². The van der Waals surface area contributed by atoms with E-state index in [4.69, 9.17) is 5.11 Å². The Bertz CT molecular complexity index is 1080. The Morgan fingerprint density at radius 1 is 1.17 bits per heavy atom. The maximum Gasteiger partial charge on any atom is 0.303 e. The third-order valence-electron chi connectivity index (χ3n) is 8.16. The molecule has 1 aromatic carbocycles. The fourth-order valence-electron chi connectivity index (χ4n) is 4.95. The summed E-state index contributed by atoms with van der Waals surface area (Å²) in [5, 5.41) is 19.7. The number of fused-ring (bicyclic) bond motifs is 1. The van der Waals surface area contributed by atoms with Gasteiger partial charge in [-0.2, -0.15) is 0 Å². The van der Waals surface area contributed by atoms with E-state index in [2.05, 4.69) is 31.8 Å². The van der Waals surface area contributed by atoms with Crippen molar-refractivity contribution in [1.82, 2.24) is 9.55 Å². The number of hydrogen-bond donors (Lipinski definition) is 2. The number of carbonyl (C=O) groups is 2. The molecule has 0 unspecified atom stereocenters. The monoisotopic (exact) mass is 498 g/mol. The molecule has 0 saturated carbocycles. The summed E-state index contributed by atoms with van der Waals surface area (Å²) < 4.78 is 2.05. The van der Waals surface area contributed by atoms with E-state index in [0.29, 0.717) is 18.8 Å². The minimum absolute atomic E-state index is 0.0210. The van der Waals surface area contributed by atoms with E-state index in [1.165, 1.54) is 5.57 Å². The van der Waals surface area contributed by atoms with Crippen LogP contribution in [0.25, 0.3) is 11.0 Å². The molecule has 1 aromatic heterocycles. The number of carboxylic acids is 1. The molecule has 200 valence electrons. The molecule has 0 saturated heterocycles. The Labute approximate surface area is 216 Å². The Kier molecular flexibility index (Phi) is 10.5. The predicted molar refractivity (Wildman–Crippen MR) is 146 cm³/mol. The van der Waals surface area contributed by atoms with Crippen LogP contribution in [0.1, 0.15) is 97.6 Å². The van der Waals surface area contributed by atoms with Crippen LogP contribution in [0.15, 0.2) is 29.8 Å². The summed E-state index contributed by atoms with van der Waals surface area (Å²) in [7, 11) is 2.00. The zero-order valence-corrected chi connectivity index (χ0v) is 23.5. The molecule has 0 radical (unpaired) electrons. The van der Waals surface area contributed by atoms with E-state index in [1.54, 1.807) is 0 Å². The number of carbonyl (C=O) groups excluding carboxylic acids is 1. The van der Waals surface area contributed by atoms with E-state index in [1.807, 2.05) is 57.5 Å². The molecule has 0 aliphatic carbocycles. The highest BCUT2D eigenvalue weighted by Gasteiger charge is 2.35. The fourth-order valence-corrected chi connectivity index (χ4v) is 4.95. The second kappa shape index (κ2) is 12.7. The summed E-state index contributed by atoms with van der Waals surface area (Å²) in [5.74, 6) is 0.786. The van der Waals surface area contributed by atoms with E-state index >= 15 is 0 Å². The van der Waals surface area contributed by atoms with Gasteiger partial charge in [0.15, 0.2) is 0 Å². The molecule has 2 aromatic rings. The average Bonchev–Trinajstić information content (AvgIpc) is 3.12. The summed E-state index contributed by atoms with van der Waals surface area (Å²) in [6, 6.07) is 5.97. The molecule has 0 aliphatic heterocycles. The number of aliphatic hydroxyl groups excluding tert-OH is 1. The van der Waals surface area contributed by atoms with E-state index in [0.717, 1.165) is 41.7 Å². The van der Waals surface area contributed by atoms with Crippen molar-refractivity contribution >= 4 is 22.8 Å². The summed E-state index contributed by atoms with van der Waals surface area (Å²) in [4.78, 5) is 28.5. The van der Waals surface area contributed by atoms with Gasteiger partial charge >= 0.3 is 5.97 Å². The third kappa shape index (κ3) is 7.76. The maximum absolute atomic E-state index is 13.0. The number of aromatic nitrogens is 2. The molecule has 0 aliphatic rings. The van der Waals surface area contributed by atoms with Gasteiger partial charge in [0.2, 0.25) is 0 Å². The quantitative estimate of drug-likeness (QED) is 0.280. The van der Waals surface area contributed by atoms with Crippen LogP contribution in [-0.2, 0) is 16.6 Å². The second-order valence-electron chi connectivity index (χ2n) is 11.4. The maximum atomic E-state index is 13.0. The van der Waals surface area contributed by atoms with E-state index < -0.39 is 17.5 Å². The smallest absolute Gasteiger partial charge is 0.303 e. The van der Waals surface area contributed by atoms with Gasteiger partial charge in [-0.15, -0.1) is 0 Å². The van der Waals surface area contributed by atoms with Crippen molar-refractivity contribution < 1.29 is 19.8 Å². The van der Waals surface area contributed by atoms with Crippen molar-refractivity contribution in [3.8, 4) is 0 Å². The summed E-state index contributed by atoms with van der Waals surface area (Å²) >= 11 is 0. The van der Waals surface area contributed by atoms with Crippen LogP contribution >= 0.6 is 0 Å². The number of aliphatic carboxylic acids is 1. The summed E-state index contributed by atoms with van der Waals surface area (Å²) in [5.41, 5.74) is 3.51. The first kappa shape index (κ1) is 29.8. The van der Waals surface area contributed by atoms with Crippen LogP contribution in [0.4, 0.5) is 0 Å².